The van der Waals surface area contributed by atoms with E-state index >= 15 is 0 Å². The van der Waals surface area contributed by atoms with E-state index < -0.39 is 0 Å². The van der Waals surface area contributed by atoms with Gasteiger partial charge < -0.3 is 5.32 Å². The highest BCUT2D eigenvalue weighted by molar-refractivity contribution is 5.83. The first-order valence-corrected chi connectivity index (χ1v) is 5.78. The molecule has 2 rings (SSSR count). The fourth-order valence-electron chi connectivity index (χ4n) is 1.97. The van der Waals surface area contributed by atoms with Crippen molar-refractivity contribution in [2.75, 3.05) is 13.1 Å². The molecule has 1 aromatic carbocycles. The van der Waals surface area contributed by atoms with Gasteiger partial charge in [-0.05, 0) is 43.0 Å². The Hall–Kier alpha value is -1.38. The molecule has 16 heavy (non-hydrogen) atoms. The monoisotopic (exact) mass is 220 g/mol. The van der Waals surface area contributed by atoms with E-state index in [0.29, 0.717) is 0 Å². The van der Waals surface area contributed by atoms with Crippen LogP contribution in [0, 0.1) is 12.7 Å². The van der Waals surface area contributed by atoms with Gasteiger partial charge in [-0.3, -0.25) is 4.99 Å². The molecular weight excluding hydrogens is 203 g/mol. The summed E-state index contributed by atoms with van der Waals surface area (Å²) in [6.45, 7) is 3.79. The fourth-order valence-corrected chi connectivity index (χ4v) is 1.97. The van der Waals surface area contributed by atoms with Crippen molar-refractivity contribution >= 4 is 5.84 Å². The Morgan fingerprint density at radius 3 is 3.00 bits per heavy atom. The first-order chi connectivity index (χ1) is 7.75. The second kappa shape index (κ2) is 5.10. The molecule has 0 bridgehead atoms. The fraction of sp³-hybridized carbons (Fsp3) is 0.462. The summed E-state index contributed by atoms with van der Waals surface area (Å²) in [7, 11) is 0. The van der Waals surface area contributed by atoms with E-state index in [9.17, 15) is 4.39 Å². The second-order valence-electron chi connectivity index (χ2n) is 4.18. The van der Waals surface area contributed by atoms with Crippen LogP contribution in [-0.4, -0.2) is 18.9 Å². The van der Waals surface area contributed by atoms with Crippen LogP contribution in [0.1, 0.15) is 24.0 Å². The number of nitrogens with zero attached hydrogens (tertiary/aromatic N) is 1. The van der Waals surface area contributed by atoms with E-state index in [1.807, 2.05) is 13.0 Å². The highest BCUT2D eigenvalue weighted by Crippen LogP contribution is 2.10. The van der Waals surface area contributed by atoms with Crippen LogP contribution in [0.5, 0.6) is 0 Å². The molecule has 0 amide bonds. The molecule has 0 fully saturated rings. The zero-order valence-electron chi connectivity index (χ0n) is 9.59. The van der Waals surface area contributed by atoms with Crippen LogP contribution in [0.3, 0.4) is 0 Å². The molecule has 2 nitrogen and oxygen atoms in total. The van der Waals surface area contributed by atoms with Crippen LogP contribution in [0.4, 0.5) is 4.39 Å². The molecule has 0 unspecified atom stereocenters. The van der Waals surface area contributed by atoms with Crippen LogP contribution in [-0.2, 0) is 6.42 Å². The Kier molecular flexibility index (Phi) is 3.54. The zero-order valence-corrected chi connectivity index (χ0v) is 9.59. The number of aryl methyl sites for hydroxylation is 1. The maximum Gasteiger partial charge on any atom is 0.123 e. The maximum absolute atomic E-state index is 12.9. The molecule has 0 aromatic heterocycles. The van der Waals surface area contributed by atoms with Gasteiger partial charge in [0.2, 0.25) is 0 Å². The van der Waals surface area contributed by atoms with Gasteiger partial charge in [0.25, 0.3) is 0 Å². The smallest absolute Gasteiger partial charge is 0.123 e. The average molecular weight is 220 g/mol. The Balaban J connectivity index is 1.84. The first kappa shape index (κ1) is 11.1. The van der Waals surface area contributed by atoms with Crippen molar-refractivity contribution in [2.24, 2.45) is 4.99 Å². The number of nitrogens with one attached hydrogen (secondary N) is 1. The SMILES string of the molecule is Cc1cc(F)ccc1CCNC1=NCCC1. The third-order valence-corrected chi connectivity index (χ3v) is 2.90. The van der Waals surface area contributed by atoms with E-state index in [0.717, 1.165) is 43.8 Å². The van der Waals surface area contributed by atoms with Gasteiger partial charge >= 0.3 is 0 Å². The molecule has 1 aliphatic rings. The summed E-state index contributed by atoms with van der Waals surface area (Å²) in [5.74, 6) is 0.967. The normalized spacial score (nSPS) is 15.0. The van der Waals surface area contributed by atoms with Gasteiger partial charge in [-0.25, -0.2) is 4.39 Å². The molecule has 1 aliphatic heterocycles. The second-order valence-corrected chi connectivity index (χ2v) is 4.18. The van der Waals surface area contributed by atoms with E-state index in [1.54, 1.807) is 6.07 Å². The largest absolute Gasteiger partial charge is 0.374 e. The predicted molar refractivity (Wildman–Crippen MR) is 64.4 cm³/mol. The summed E-state index contributed by atoms with van der Waals surface area (Å²) in [5, 5.41) is 3.33. The number of halogens is 1. The molecule has 0 saturated heterocycles. The van der Waals surface area contributed by atoms with Crippen molar-refractivity contribution in [3.05, 3.63) is 35.1 Å². The van der Waals surface area contributed by atoms with Gasteiger partial charge in [0.05, 0.1) is 5.84 Å². The minimum atomic E-state index is -0.158. The summed E-state index contributed by atoms with van der Waals surface area (Å²) in [4.78, 5) is 4.35. The number of hydrogen-bond acceptors (Lipinski definition) is 2. The van der Waals surface area contributed by atoms with E-state index in [-0.39, 0.29) is 5.82 Å². The van der Waals surface area contributed by atoms with E-state index in [1.165, 1.54) is 11.6 Å². The lowest BCUT2D eigenvalue weighted by Crippen LogP contribution is -2.24. The molecule has 3 heteroatoms. The van der Waals surface area contributed by atoms with Gasteiger partial charge in [0.15, 0.2) is 0 Å². The Bertz CT molecular complexity index is 399. The molecule has 0 atom stereocenters. The highest BCUT2D eigenvalue weighted by atomic mass is 19.1. The lowest BCUT2D eigenvalue weighted by molar-refractivity contribution is 0.625. The zero-order chi connectivity index (χ0) is 11.4. The first-order valence-electron chi connectivity index (χ1n) is 5.78. The predicted octanol–water partition coefficient (Wildman–Crippen LogP) is 2.46. The summed E-state index contributed by atoms with van der Waals surface area (Å²) in [6, 6.07) is 4.97. The van der Waals surface area contributed by atoms with Crippen molar-refractivity contribution in [3.8, 4) is 0 Å². The van der Waals surface area contributed by atoms with E-state index in [2.05, 4.69) is 10.3 Å². The van der Waals surface area contributed by atoms with Gasteiger partial charge in [-0.2, -0.15) is 0 Å². The molecule has 0 saturated carbocycles. The number of benzene rings is 1. The summed E-state index contributed by atoms with van der Waals surface area (Å²) < 4.78 is 12.9. The quantitative estimate of drug-likeness (QED) is 0.831. The van der Waals surface area contributed by atoms with Crippen molar-refractivity contribution in [2.45, 2.75) is 26.2 Å². The van der Waals surface area contributed by atoms with Crippen LogP contribution in [0.2, 0.25) is 0 Å². The summed E-state index contributed by atoms with van der Waals surface area (Å²) in [6.07, 6.45) is 3.16. The molecule has 0 aliphatic carbocycles. The molecule has 86 valence electrons. The molecule has 1 N–H and O–H groups in total. The molecule has 0 radical (unpaired) electrons. The maximum atomic E-state index is 12.9. The van der Waals surface area contributed by atoms with Gasteiger partial charge in [-0.15, -0.1) is 0 Å². The lowest BCUT2D eigenvalue weighted by Gasteiger charge is -2.08. The molecular formula is C13H17FN2. The van der Waals surface area contributed by atoms with Crippen molar-refractivity contribution < 1.29 is 4.39 Å². The van der Waals surface area contributed by atoms with Gasteiger partial charge in [0, 0.05) is 19.5 Å². The minimum absolute atomic E-state index is 0.158. The van der Waals surface area contributed by atoms with Crippen molar-refractivity contribution in [1.82, 2.24) is 5.32 Å². The van der Waals surface area contributed by atoms with Crippen LogP contribution in [0.25, 0.3) is 0 Å². The summed E-state index contributed by atoms with van der Waals surface area (Å²) in [5.41, 5.74) is 2.22. The van der Waals surface area contributed by atoms with Crippen LogP contribution in [0.15, 0.2) is 23.2 Å². The standard InChI is InChI=1S/C13H17FN2/c1-10-9-12(14)5-4-11(10)6-8-16-13-3-2-7-15-13/h4-5,9H,2-3,6-8H2,1H3,(H,15,16). The highest BCUT2D eigenvalue weighted by Gasteiger charge is 2.05. The van der Waals surface area contributed by atoms with Crippen molar-refractivity contribution in [1.29, 1.82) is 0 Å². The molecule has 1 aromatic rings. The number of aliphatic imine (C=N–C) groups is 1. The number of hydrogen-bond donors (Lipinski definition) is 1. The number of amidine groups is 1. The molecule has 0 spiro atoms. The average Bonchev–Trinajstić information content (AvgIpc) is 2.74. The third-order valence-electron chi connectivity index (χ3n) is 2.90. The van der Waals surface area contributed by atoms with Crippen LogP contribution < -0.4 is 5.32 Å². The number of rotatable bonds is 3. The van der Waals surface area contributed by atoms with Gasteiger partial charge in [-0.1, -0.05) is 6.07 Å². The Labute approximate surface area is 95.6 Å². The lowest BCUT2D eigenvalue weighted by atomic mass is 10.1. The van der Waals surface area contributed by atoms with Gasteiger partial charge in [0.1, 0.15) is 5.82 Å². The minimum Gasteiger partial charge on any atom is -0.374 e. The summed E-state index contributed by atoms with van der Waals surface area (Å²) >= 11 is 0. The Morgan fingerprint density at radius 1 is 1.44 bits per heavy atom. The van der Waals surface area contributed by atoms with E-state index in [4.69, 9.17) is 0 Å². The Morgan fingerprint density at radius 2 is 2.31 bits per heavy atom. The van der Waals surface area contributed by atoms with Crippen molar-refractivity contribution in [3.63, 3.8) is 0 Å². The topological polar surface area (TPSA) is 24.4 Å². The van der Waals surface area contributed by atoms with Crippen LogP contribution >= 0.6 is 0 Å². The third kappa shape index (κ3) is 2.81. The molecule has 1 heterocycles.